The Kier molecular flexibility index (Phi) is 3.96. The van der Waals surface area contributed by atoms with E-state index in [1.54, 1.807) is 6.92 Å². The summed E-state index contributed by atoms with van der Waals surface area (Å²) in [6.07, 6.45) is -0.0997. The topological polar surface area (TPSA) is 17.1 Å². The molecule has 0 atom stereocenters. The number of hydrogen-bond acceptors (Lipinski definition) is 1. The third-order valence-corrected chi connectivity index (χ3v) is 3.07. The Morgan fingerprint density at radius 2 is 1.79 bits per heavy atom. The molecule has 1 nitrogen and oxygen atoms in total. The van der Waals surface area contributed by atoms with Gasteiger partial charge in [0.25, 0.3) is 0 Å². The second-order valence-corrected chi connectivity index (χ2v) is 4.74. The standard InChI is InChI=1S/C15H11ClF2O/c1-9-6-10(2-4-13(9)17)15(19)8-11-7-12(16)3-5-14(11)18/h2-7H,8H2,1H3. The normalized spacial score (nSPS) is 10.5. The first-order valence-electron chi connectivity index (χ1n) is 5.70. The molecule has 2 aromatic carbocycles. The number of aryl methyl sites for hydroxylation is 1. The van der Waals surface area contributed by atoms with Gasteiger partial charge in [-0.3, -0.25) is 4.79 Å². The lowest BCUT2D eigenvalue weighted by molar-refractivity contribution is 0.0991. The van der Waals surface area contributed by atoms with E-state index in [4.69, 9.17) is 11.6 Å². The second-order valence-electron chi connectivity index (χ2n) is 4.30. The molecule has 0 saturated carbocycles. The van der Waals surface area contributed by atoms with Gasteiger partial charge in [0.15, 0.2) is 5.78 Å². The van der Waals surface area contributed by atoms with Crippen molar-refractivity contribution in [1.29, 1.82) is 0 Å². The average molecular weight is 281 g/mol. The Balaban J connectivity index is 2.25. The van der Waals surface area contributed by atoms with Crippen molar-refractivity contribution < 1.29 is 13.6 Å². The van der Waals surface area contributed by atoms with Crippen LogP contribution in [0.15, 0.2) is 36.4 Å². The highest BCUT2D eigenvalue weighted by molar-refractivity contribution is 6.30. The van der Waals surface area contributed by atoms with Crippen molar-refractivity contribution in [2.75, 3.05) is 0 Å². The van der Waals surface area contributed by atoms with E-state index in [-0.39, 0.29) is 23.6 Å². The maximum absolute atomic E-state index is 13.5. The number of carbonyl (C=O) groups is 1. The highest BCUT2D eigenvalue weighted by Crippen LogP contribution is 2.18. The molecule has 98 valence electrons. The Morgan fingerprint density at radius 3 is 2.47 bits per heavy atom. The van der Waals surface area contributed by atoms with Gasteiger partial charge in [0.2, 0.25) is 0 Å². The highest BCUT2D eigenvalue weighted by atomic mass is 35.5. The molecule has 4 heteroatoms. The molecule has 2 rings (SSSR count). The summed E-state index contributed by atoms with van der Waals surface area (Å²) in [6.45, 7) is 1.58. The van der Waals surface area contributed by atoms with Crippen LogP contribution in [0.5, 0.6) is 0 Å². The summed E-state index contributed by atoms with van der Waals surface area (Å²) >= 11 is 5.76. The van der Waals surface area contributed by atoms with Crippen LogP contribution in [-0.4, -0.2) is 5.78 Å². The Labute approximate surface area is 114 Å². The molecule has 0 aromatic heterocycles. The molecule has 0 aliphatic carbocycles. The number of hydrogen-bond donors (Lipinski definition) is 0. The minimum Gasteiger partial charge on any atom is -0.294 e. The van der Waals surface area contributed by atoms with Gasteiger partial charge in [-0.25, -0.2) is 8.78 Å². The van der Waals surface area contributed by atoms with Gasteiger partial charge in [0.1, 0.15) is 11.6 Å². The summed E-state index contributed by atoms with van der Waals surface area (Å²) in [5, 5.41) is 0.375. The molecule has 0 saturated heterocycles. The summed E-state index contributed by atoms with van der Waals surface area (Å²) in [5.41, 5.74) is 0.982. The Bertz CT molecular complexity index is 638. The van der Waals surface area contributed by atoms with Crippen molar-refractivity contribution in [1.82, 2.24) is 0 Å². The van der Waals surface area contributed by atoms with E-state index in [0.29, 0.717) is 16.1 Å². The first kappa shape index (κ1) is 13.7. The lowest BCUT2D eigenvalue weighted by atomic mass is 10.0. The van der Waals surface area contributed by atoms with Crippen LogP contribution in [0.4, 0.5) is 8.78 Å². The van der Waals surface area contributed by atoms with Gasteiger partial charge in [0, 0.05) is 17.0 Å². The summed E-state index contributed by atoms with van der Waals surface area (Å²) < 4.78 is 26.6. The first-order valence-corrected chi connectivity index (χ1v) is 6.08. The van der Waals surface area contributed by atoms with E-state index in [1.807, 2.05) is 0 Å². The van der Waals surface area contributed by atoms with E-state index in [0.717, 1.165) is 0 Å². The molecule has 0 radical (unpaired) electrons. The molecule has 0 amide bonds. The van der Waals surface area contributed by atoms with Crippen molar-refractivity contribution in [3.05, 3.63) is 69.7 Å². The molecule has 0 bridgehead atoms. The number of halogens is 3. The van der Waals surface area contributed by atoms with Crippen LogP contribution in [0, 0.1) is 18.6 Å². The maximum atomic E-state index is 13.5. The molecule has 0 aliphatic heterocycles. The summed E-state index contributed by atoms with van der Waals surface area (Å²) in [7, 11) is 0. The van der Waals surface area contributed by atoms with Crippen molar-refractivity contribution in [2.24, 2.45) is 0 Å². The van der Waals surface area contributed by atoms with Gasteiger partial charge in [0.05, 0.1) is 0 Å². The van der Waals surface area contributed by atoms with Crippen LogP contribution >= 0.6 is 11.6 Å². The predicted octanol–water partition coefficient (Wildman–Crippen LogP) is 4.35. The number of benzene rings is 2. The average Bonchev–Trinajstić information content (AvgIpc) is 2.37. The zero-order valence-electron chi connectivity index (χ0n) is 10.2. The highest BCUT2D eigenvalue weighted by Gasteiger charge is 2.12. The van der Waals surface area contributed by atoms with E-state index in [2.05, 4.69) is 0 Å². The van der Waals surface area contributed by atoms with Crippen LogP contribution in [-0.2, 0) is 6.42 Å². The lowest BCUT2D eigenvalue weighted by Crippen LogP contribution is -2.06. The molecule has 0 spiro atoms. The van der Waals surface area contributed by atoms with Gasteiger partial charge >= 0.3 is 0 Å². The third-order valence-electron chi connectivity index (χ3n) is 2.84. The van der Waals surface area contributed by atoms with Gasteiger partial charge in [-0.2, -0.15) is 0 Å². The lowest BCUT2D eigenvalue weighted by Gasteiger charge is -2.05. The summed E-state index contributed by atoms with van der Waals surface area (Å²) in [4.78, 5) is 12.0. The molecule has 0 fully saturated rings. The molecule has 0 heterocycles. The zero-order chi connectivity index (χ0) is 14.0. The van der Waals surface area contributed by atoms with Crippen LogP contribution in [0.25, 0.3) is 0 Å². The first-order chi connectivity index (χ1) is 8.97. The van der Waals surface area contributed by atoms with Crippen molar-refractivity contribution >= 4 is 17.4 Å². The molecule has 2 aromatic rings. The molecule has 0 N–H and O–H groups in total. The van der Waals surface area contributed by atoms with Crippen LogP contribution in [0.2, 0.25) is 5.02 Å². The van der Waals surface area contributed by atoms with Crippen molar-refractivity contribution in [3.63, 3.8) is 0 Å². The summed E-state index contributed by atoms with van der Waals surface area (Å²) in [5.74, 6) is -1.12. The van der Waals surface area contributed by atoms with Gasteiger partial charge < -0.3 is 0 Å². The number of Topliss-reactive ketones (excluding diaryl/α,β-unsaturated/α-hetero) is 1. The summed E-state index contributed by atoms with van der Waals surface area (Å²) in [6, 6.07) is 8.16. The molecule has 0 unspecified atom stereocenters. The van der Waals surface area contributed by atoms with Crippen LogP contribution in [0.3, 0.4) is 0 Å². The third kappa shape index (κ3) is 3.18. The molecule has 19 heavy (non-hydrogen) atoms. The number of rotatable bonds is 3. The molecular formula is C15H11ClF2O. The fourth-order valence-electron chi connectivity index (χ4n) is 1.77. The minimum absolute atomic E-state index is 0.0997. The van der Waals surface area contributed by atoms with Crippen molar-refractivity contribution in [2.45, 2.75) is 13.3 Å². The van der Waals surface area contributed by atoms with Crippen molar-refractivity contribution in [3.8, 4) is 0 Å². The molecule has 0 aliphatic rings. The largest absolute Gasteiger partial charge is 0.294 e. The Hall–Kier alpha value is -1.74. The van der Waals surface area contributed by atoms with E-state index >= 15 is 0 Å². The monoisotopic (exact) mass is 280 g/mol. The van der Waals surface area contributed by atoms with Gasteiger partial charge in [-0.1, -0.05) is 11.6 Å². The number of carbonyl (C=O) groups excluding carboxylic acids is 1. The maximum Gasteiger partial charge on any atom is 0.167 e. The van der Waals surface area contributed by atoms with E-state index in [9.17, 15) is 13.6 Å². The fourth-order valence-corrected chi connectivity index (χ4v) is 1.97. The Morgan fingerprint density at radius 1 is 1.11 bits per heavy atom. The fraction of sp³-hybridized carbons (Fsp3) is 0.133. The minimum atomic E-state index is -0.475. The molecular weight excluding hydrogens is 270 g/mol. The van der Waals surface area contributed by atoms with E-state index < -0.39 is 5.82 Å². The van der Waals surface area contributed by atoms with E-state index in [1.165, 1.54) is 36.4 Å². The SMILES string of the molecule is Cc1cc(C(=O)Cc2cc(Cl)ccc2F)ccc1F. The quantitative estimate of drug-likeness (QED) is 0.764. The van der Waals surface area contributed by atoms with Gasteiger partial charge in [-0.15, -0.1) is 0 Å². The van der Waals surface area contributed by atoms with Gasteiger partial charge in [-0.05, 0) is 54.4 Å². The second kappa shape index (κ2) is 5.49. The zero-order valence-corrected chi connectivity index (χ0v) is 11.0. The predicted molar refractivity (Wildman–Crippen MR) is 70.6 cm³/mol. The number of ketones is 1. The smallest absolute Gasteiger partial charge is 0.167 e. The van der Waals surface area contributed by atoms with Crippen LogP contribution < -0.4 is 0 Å². The van der Waals surface area contributed by atoms with Crippen LogP contribution in [0.1, 0.15) is 21.5 Å².